The molecule has 0 aliphatic rings. The van der Waals surface area contributed by atoms with Crippen molar-refractivity contribution in [3.63, 3.8) is 0 Å². The Morgan fingerprint density at radius 2 is 1.88 bits per heavy atom. The van der Waals surface area contributed by atoms with Crippen LogP contribution < -0.4 is 0 Å². The number of carboxylic acids is 1. The molecule has 0 aliphatic carbocycles. The van der Waals surface area contributed by atoms with Crippen molar-refractivity contribution in [2.75, 3.05) is 0 Å². The summed E-state index contributed by atoms with van der Waals surface area (Å²) in [5, 5.41) is 14.6. The Morgan fingerprint density at radius 1 is 1.12 bits per heavy atom. The van der Waals surface area contributed by atoms with Gasteiger partial charge in [0.1, 0.15) is 11.3 Å². The lowest BCUT2D eigenvalue weighted by Crippen LogP contribution is -1.96. The maximum Gasteiger partial charge on any atom is 0.339 e. The number of aromatic nitrogens is 3. The molecule has 0 fully saturated rings. The topological polar surface area (TPSA) is 68.0 Å². The maximum absolute atomic E-state index is 11.6. The van der Waals surface area contributed by atoms with E-state index in [0.717, 1.165) is 21.3 Å². The second-order valence-electron chi connectivity index (χ2n) is 5.47. The van der Waals surface area contributed by atoms with E-state index < -0.39 is 5.97 Å². The number of fused-ring (bicyclic) bond motifs is 1. The van der Waals surface area contributed by atoms with E-state index in [2.05, 4.69) is 10.1 Å². The lowest BCUT2D eigenvalue weighted by Gasteiger charge is -1.99. The first-order chi connectivity index (χ1) is 11.6. The molecule has 0 aliphatic heterocycles. The minimum absolute atomic E-state index is 0.165. The molecular formula is C18H13N3O2S. The third kappa shape index (κ3) is 2.47. The van der Waals surface area contributed by atoms with Crippen molar-refractivity contribution in [1.29, 1.82) is 0 Å². The number of hydrogen-bond donors (Lipinski definition) is 1. The van der Waals surface area contributed by atoms with Gasteiger partial charge >= 0.3 is 5.97 Å². The van der Waals surface area contributed by atoms with E-state index in [-0.39, 0.29) is 5.56 Å². The molecule has 6 heteroatoms. The van der Waals surface area contributed by atoms with Crippen molar-refractivity contribution >= 4 is 27.5 Å². The van der Waals surface area contributed by atoms with Gasteiger partial charge in [0, 0.05) is 11.8 Å². The number of aryl methyl sites for hydroxylation is 1. The van der Waals surface area contributed by atoms with Crippen LogP contribution in [0.2, 0.25) is 0 Å². The highest BCUT2D eigenvalue weighted by molar-refractivity contribution is 7.20. The zero-order chi connectivity index (χ0) is 16.7. The molecule has 0 spiro atoms. The molecule has 24 heavy (non-hydrogen) atoms. The van der Waals surface area contributed by atoms with Gasteiger partial charge in [-0.15, -0.1) is 0 Å². The van der Waals surface area contributed by atoms with Gasteiger partial charge < -0.3 is 5.11 Å². The average molecular weight is 335 g/mol. The van der Waals surface area contributed by atoms with Gasteiger partial charge in [-0.25, -0.2) is 14.5 Å². The van der Waals surface area contributed by atoms with E-state index in [9.17, 15) is 9.90 Å². The number of benzene rings is 2. The maximum atomic E-state index is 11.6. The van der Waals surface area contributed by atoms with Crippen molar-refractivity contribution in [2.24, 2.45) is 0 Å². The van der Waals surface area contributed by atoms with E-state index in [1.165, 1.54) is 17.5 Å². The molecular weight excluding hydrogens is 322 g/mol. The smallest absolute Gasteiger partial charge is 0.339 e. The van der Waals surface area contributed by atoms with E-state index in [1.807, 2.05) is 55.5 Å². The predicted molar refractivity (Wildman–Crippen MR) is 93.9 cm³/mol. The fraction of sp³-hybridized carbons (Fsp3) is 0.0556. The molecule has 2 heterocycles. The van der Waals surface area contributed by atoms with Gasteiger partial charge in [0.05, 0.1) is 10.2 Å². The fourth-order valence-corrected chi connectivity index (χ4v) is 3.40. The summed E-state index contributed by atoms with van der Waals surface area (Å²) in [6.45, 7) is 1.99. The summed E-state index contributed by atoms with van der Waals surface area (Å²) in [5.41, 5.74) is 3.38. The summed E-state index contributed by atoms with van der Waals surface area (Å²) < 4.78 is 2.58. The molecule has 0 saturated heterocycles. The van der Waals surface area contributed by atoms with Gasteiger partial charge in [0.2, 0.25) is 5.13 Å². The van der Waals surface area contributed by atoms with Gasteiger partial charge in [0.15, 0.2) is 0 Å². The highest BCUT2D eigenvalue weighted by atomic mass is 32.1. The molecule has 118 valence electrons. The van der Waals surface area contributed by atoms with E-state index in [4.69, 9.17) is 0 Å². The van der Waals surface area contributed by atoms with Crippen LogP contribution in [0.25, 0.3) is 26.6 Å². The van der Waals surface area contributed by atoms with Crippen LogP contribution in [0.5, 0.6) is 0 Å². The molecule has 4 rings (SSSR count). The highest BCUT2D eigenvalue weighted by Crippen LogP contribution is 2.28. The van der Waals surface area contributed by atoms with Crippen molar-refractivity contribution in [2.45, 2.75) is 6.92 Å². The Kier molecular flexibility index (Phi) is 3.39. The first-order valence-electron chi connectivity index (χ1n) is 7.38. The largest absolute Gasteiger partial charge is 0.478 e. The van der Waals surface area contributed by atoms with Crippen LogP contribution in [0.15, 0.2) is 54.7 Å². The summed E-state index contributed by atoms with van der Waals surface area (Å²) in [7, 11) is 0. The lowest BCUT2D eigenvalue weighted by molar-refractivity contribution is 0.0697. The number of carbonyl (C=O) groups is 1. The first-order valence-corrected chi connectivity index (χ1v) is 8.19. The van der Waals surface area contributed by atoms with E-state index in [0.29, 0.717) is 10.8 Å². The van der Waals surface area contributed by atoms with Crippen LogP contribution >= 0.6 is 11.3 Å². The second kappa shape index (κ2) is 5.58. The minimum atomic E-state index is -1.00. The van der Waals surface area contributed by atoms with E-state index in [1.54, 1.807) is 4.68 Å². The second-order valence-corrected chi connectivity index (χ2v) is 6.48. The average Bonchev–Trinajstić information content (AvgIpc) is 3.19. The van der Waals surface area contributed by atoms with Gasteiger partial charge in [0.25, 0.3) is 0 Å². The third-order valence-electron chi connectivity index (χ3n) is 3.75. The lowest BCUT2D eigenvalue weighted by atomic mass is 10.1. The highest BCUT2D eigenvalue weighted by Gasteiger charge is 2.19. The number of aromatic carboxylic acids is 1. The monoisotopic (exact) mass is 335 g/mol. The van der Waals surface area contributed by atoms with Crippen LogP contribution in [0, 0.1) is 6.92 Å². The molecule has 0 atom stereocenters. The molecule has 0 bridgehead atoms. The normalized spacial score (nSPS) is 11.0. The molecule has 0 unspecified atom stereocenters. The SMILES string of the molecule is Cc1ccc(-c2nn(-c3nc4ccccc4s3)cc2C(=O)O)cc1. The zero-order valence-corrected chi connectivity index (χ0v) is 13.6. The third-order valence-corrected chi connectivity index (χ3v) is 4.77. The molecule has 4 aromatic rings. The summed E-state index contributed by atoms with van der Waals surface area (Å²) in [6, 6.07) is 15.4. The number of para-hydroxylation sites is 1. The van der Waals surface area contributed by atoms with Crippen LogP contribution in [-0.4, -0.2) is 25.8 Å². The minimum Gasteiger partial charge on any atom is -0.478 e. The number of nitrogens with zero attached hydrogens (tertiary/aromatic N) is 3. The molecule has 0 saturated carbocycles. The number of thiazole rings is 1. The summed E-state index contributed by atoms with van der Waals surface area (Å²) in [5.74, 6) is -1.00. The number of rotatable bonds is 3. The predicted octanol–water partition coefficient (Wildman–Crippen LogP) is 4.16. The van der Waals surface area contributed by atoms with Gasteiger partial charge in [-0.1, -0.05) is 53.3 Å². The number of hydrogen-bond acceptors (Lipinski definition) is 4. The molecule has 0 amide bonds. The fourth-order valence-electron chi connectivity index (χ4n) is 2.51. The summed E-state index contributed by atoms with van der Waals surface area (Å²) in [4.78, 5) is 16.1. The van der Waals surface area contributed by atoms with Crippen LogP contribution in [0.1, 0.15) is 15.9 Å². The van der Waals surface area contributed by atoms with Crippen molar-refractivity contribution in [3.05, 3.63) is 65.9 Å². The van der Waals surface area contributed by atoms with Gasteiger partial charge in [-0.2, -0.15) is 5.10 Å². The first kappa shape index (κ1) is 14.6. The Hall–Kier alpha value is -2.99. The van der Waals surface area contributed by atoms with Gasteiger partial charge in [-0.05, 0) is 19.1 Å². The summed E-state index contributed by atoms with van der Waals surface area (Å²) >= 11 is 1.48. The Labute approximate surface area is 141 Å². The molecule has 5 nitrogen and oxygen atoms in total. The molecule has 2 aromatic carbocycles. The van der Waals surface area contributed by atoms with Crippen LogP contribution in [0.4, 0.5) is 0 Å². The molecule has 2 aromatic heterocycles. The van der Waals surface area contributed by atoms with Crippen molar-refractivity contribution in [1.82, 2.24) is 14.8 Å². The Balaban J connectivity index is 1.86. The standard InChI is InChI=1S/C18H13N3O2S/c1-11-6-8-12(9-7-11)16-13(17(22)23)10-21(20-16)18-19-14-4-2-3-5-15(14)24-18/h2-10H,1H3,(H,22,23). The summed E-state index contributed by atoms with van der Waals surface area (Å²) in [6.07, 6.45) is 1.52. The van der Waals surface area contributed by atoms with Crippen LogP contribution in [0.3, 0.4) is 0 Å². The van der Waals surface area contributed by atoms with Crippen LogP contribution in [-0.2, 0) is 0 Å². The molecule has 0 radical (unpaired) electrons. The van der Waals surface area contributed by atoms with E-state index >= 15 is 0 Å². The quantitative estimate of drug-likeness (QED) is 0.610. The Morgan fingerprint density at radius 3 is 2.58 bits per heavy atom. The number of carboxylic acid groups (broad SMARTS) is 1. The molecule has 1 N–H and O–H groups in total. The Bertz CT molecular complexity index is 1010. The van der Waals surface area contributed by atoms with Crippen molar-refractivity contribution < 1.29 is 9.90 Å². The van der Waals surface area contributed by atoms with Crippen molar-refractivity contribution in [3.8, 4) is 16.4 Å². The zero-order valence-electron chi connectivity index (χ0n) is 12.8. The van der Waals surface area contributed by atoms with Gasteiger partial charge in [-0.3, -0.25) is 0 Å².